The van der Waals surface area contributed by atoms with Crippen LogP contribution >= 0.6 is 0 Å². The van der Waals surface area contributed by atoms with E-state index in [-0.39, 0.29) is 18.1 Å². The van der Waals surface area contributed by atoms with Crippen LogP contribution in [-0.4, -0.2) is 54.0 Å². The highest BCUT2D eigenvalue weighted by Gasteiger charge is 2.35. The maximum Gasteiger partial charge on any atom is 0.328 e. The Morgan fingerprint density at radius 3 is 2.45 bits per heavy atom. The standard InChI is InChI=1S/C27H34FN5O5/c1-27(2,3)23(25(35)37-4)31-24(34)22-20-12-11-19(38-14-6-5-13-30-26(29)36)15-21(20)33(32-22)16-17-7-9-18(28)10-8-17/h7-12,15,23H,5-6,13-14,16H2,1-4H3,(H,31,34)(H3,29,30,36)/t23-/m1/s1. The van der Waals surface area contributed by atoms with E-state index in [0.29, 0.717) is 42.6 Å². The van der Waals surface area contributed by atoms with Gasteiger partial charge in [-0.2, -0.15) is 5.10 Å². The summed E-state index contributed by atoms with van der Waals surface area (Å²) in [5.41, 5.74) is 6.04. The van der Waals surface area contributed by atoms with Gasteiger partial charge in [0.15, 0.2) is 5.69 Å². The molecule has 3 aromatic rings. The van der Waals surface area contributed by atoms with Gasteiger partial charge in [-0.1, -0.05) is 32.9 Å². The number of amides is 3. The molecule has 1 atom stereocenters. The minimum absolute atomic E-state index is 0.143. The number of hydrogen-bond donors (Lipinski definition) is 3. The van der Waals surface area contributed by atoms with Crippen molar-refractivity contribution in [3.05, 3.63) is 59.5 Å². The minimum Gasteiger partial charge on any atom is -0.494 e. The van der Waals surface area contributed by atoms with E-state index < -0.39 is 29.4 Å². The second-order valence-corrected chi connectivity index (χ2v) is 9.95. The number of carbonyl (C=O) groups excluding carboxylic acids is 3. The highest BCUT2D eigenvalue weighted by Crippen LogP contribution is 2.27. The van der Waals surface area contributed by atoms with Gasteiger partial charge in [-0.3, -0.25) is 9.48 Å². The first-order valence-corrected chi connectivity index (χ1v) is 12.3. The van der Waals surface area contributed by atoms with Crippen molar-refractivity contribution in [2.45, 2.75) is 46.2 Å². The molecule has 0 aliphatic carbocycles. The quantitative estimate of drug-likeness (QED) is 0.258. The summed E-state index contributed by atoms with van der Waals surface area (Å²) in [6.07, 6.45) is 1.40. The molecule has 0 unspecified atom stereocenters. The highest BCUT2D eigenvalue weighted by molar-refractivity contribution is 6.06. The van der Waals surface area contributed by atoms with Crippen LogP contribution in [0, 0.1) is 11.2 Å². The first-order chi connectivity index (χ1) is 18.0. The highest BCUT2D eigenvalue weighted by atomic mass is 19.1. The van der Waals surface area contributed by atoms with Gasteiger partial charge in [0.05, 0.1) is 25.8 Å². The number of nitrogens with one attached hydrogen (secondary N) is 2. The van der Waals surface area contributed by atoms with Gasteiger partial charge in [-0.05, 0) is 48.1 Å². The van der Waals surface area contributed by atoms with Crippen molar-refractivity contribution < 1.29 is 28.2 Å². The van der Waals surface area contributed by atoms with Crippen LogP contribution in [0.15, 0.2) is 42.5 Å². The van der Waals surface area contributed by atoms with Crippen LogP contribution in [0.1, 0.15) is 49.7 Å². The van der Waals surface area contributed by atoms with Gasteiger partial charge in [-0.25, -0.2) is 14.0 Å². The Labute approximate surface area is 220 Å². The largest absolute Gasteiger partial charge is 0.494 e. The number of esters is 1. The Bertz CT molecular complexity index is 1280. The van der Waals surface area contributed by atoms with Crippen molar-refractivity contribution in [1.29, 1.82) is 0 Å². The Kier molecular flexibility index (Phi) is 9.27. The molecule has 0 saturated heterocycles. The van der Waals surface area contributed by atoms with E-state index in [1.54, 1.807) is 35.0 Å². The number of urea groups is 1. The van der Waals surface area contributed by atoms with E-state index >= 15 is 0 Å². The van der Waals surface area contributed by atoms with Crippen molar-refractivity contribution in [2.24, 2.45) is 11.1 Å². The van der Waals surface area contributed by atoms with Crippen LogP contribution in [0.3, 0.4) is 0 Å². The monoisotopic (exact) mass is 527 g/mol. The lowest BCUT2D eigenvalue weighted by atomic mass is 9.86. The molecular weight excluding hydrogens is 493 g/mol. The molecule has 0 spiro atoms. The number of carbonyl (C=O) groups is 3. The van der Waals surface area contributed by atoms with Crippen molar-refractivity contribution in [3.63, 3.8) is 0 Å². The molecule has 204 valence electrons. The number of nitrogens with zero attached hydrogens (tertiary/aromatic N) is 2. The predicted octanol–water partition coefficient (Wildman–Crippen LogP) is 3.37. The number of ether oxygens (including phenoxy) is 2. The normalized spacial score (nSPS) is 12.1. The number of methoxy groups -OCH3 is 1. The fraction of sp³-hybridized carbons (Fsp3) is 0.407. The lowest BCUT2D eigenvalue weighted by Crippen LogP contribution is -2.49. The average molecular weight is 528 g/mol. The van der Waals surface area contributed by atoms with Gasteiger partial charge in [0.1, 0.15) is 17.6 Å². The molecule has 2 aromatic carbocycles. The molecule has 3 rings (SSSR count). The van der Waals surface area contributed by atoms with E-state index in [9.17, 15) is 18.8 Å². The SMILES string of the molecule is COC(=O)[C@@H](NC(=O)c1nn(Cc2ccc(F)cc2)c2cc(OCCCCNC(N)=O)ccc12)C(C)(C)C. The summed E-state index contributed by atoms with van der Waals surface area (Å²) in [5.74, 6) is -0.844. The minimum atomic E-state index is -0.885. The lowest BCUT2D eigenvalue weighted by molar-refractivity contribution is -0.145. The molecule has 11 heteroatoms. The topological polar surface area (TPSA) is 138 Å². The van der Waals surface area contributed by atoms with E-state index in [1.807, 2.05) is 20.8 Å². The number of nitrogens with two attached hydrogens (primary N) is 1. The van der Waals surface area contributed by atoms with Crippen LogP contribution in [-0.2, 0) is 16.1 Å². The molecule has 0 aliphatic rings. The molecule has 4 N–H and O–H groups in total. The Balaban J connectivity index is 1.88. The second kappa shape index (κ2) is 12.4. The van der Waals surface area contributed by atoms with Crippen molar-refractivity contribution >= 4 is 28.8 Å². The van der Waals surface area contributed by atoms with Crippen molar-refractivity contribution in [2.75, 3.05) is 20.3 Å². The van der Waals surface area contributed by atoms with Gasteiger partial charge in [0.2, 0.25) is 0 Å². The van der Waals surface area contributed by atoms with E-state index in [4.69, 9.17) is 15.2 Å². The third-order valence-corrected chi connectivity index (χ3v) is 5.90. The lowest BCUT2D eigenvalue weighted by Gasteiger charge is -2.28. The van der Waals surface area contributed by atoms with Gasteiger partial charge in [-0.15, -0.1) is 0 Å². The summed E-state index contributed by atoms with van der Waals surface area (Å²) in [4.78, 5) is 36.5. The molecule has 38 heavy (non-hydrogen) atoms. The van der Waals surface area contributed by atoms with E-state index in [0.717, 1.165) is 5.56 Å². The fourth-order valence-corrected chi connectivity index (χ4v) is 3.87. The molecular formula is C27H34FN5O5. The zero-order valence-electron chi connectivity index (χ0n) is 22.0. The zero-order valence-corrected chi connectivity index (χ0v) is 22.0. The molecule has 1 aromatic heterocycles. The maximum atomic E-state index is 13.4. The third kappa shape index (κ3) is 7.44. The third-order valence-electron chi connectivity index (χ3n) is 5.90. The van der Waals surface area contributed by atoms with Crippen molar-refractivity contribution in [3.8, 4) is 5.75 Å². The van der Waals surface area contributed by atoms with Crippen LogP contribution in [0.25, 0.3) is 10.9 Å². The first kappa shape index (κ1) is 28.4. The number of primary amides is 1. The van der Waals surface area contributed by atoms with Crippen molar-refractivity contribution in [1.82, 2.24) is 20.4 Å². The number of halogens is 1. The molecule has 0 radical (unpaired) electrons. The Morgan fingerprint density at radius 2 is 1.82 bits per heavy atom. The van der Waals surface area contributed by atoms with Gasteiger partial charge in [0, 0.05) is 18.0 Å². The Morgan fingerprint density at radius 1 is 1.11 bits per heavy atom. The summed E-state index contributed by atoms with van der Waals surface area (Å²) < 4.78 is 25.8. The molecule has 0 fully saturated rings. The summed E-state index contributed by atoms with van der Waals surface area (Å²) >= 11 is 0. The second-order valence-electron chi connectivity index (χ2n) is 9.95. The number of hydrogen-bond acceptors (Lipinski definition) is 6. The Hall–Kier alpha value is -4.15. The molecule has 1 heterocycles. The molecule has 3 amide bonds. The number of fused-ring (bicyclic) bond motifs is 1. The zero-order chi connectivity index (χ0) is 27.9. The van der Waals surface area contributed by atoms with E-state index in [1.165, 1.54) is 19.2 Å². The predicted molar refractivity (Wildman–Crippen MR) is 140 cm³/mol. The number of unbranched alkanes of at least 4 members (excludes halogenated alkanes) is 1. The van der Waals surface area contributed by atoms with Crippen LogP contribution in [0.5, 0.6) is 5.75 Å². The maximum absolute atomic E-state index is 13.4. The molecule has 0 bridgehead atoms. The van der Waals surface area contributed by atoms with E-state index in [2.05, 4.69) is 15.7 Å². The van der Waals surface area contributed by atoms with Crippen LogP contribution in [0.4, 0.5) is 9.18 Å². The average Bonchev–Trinajstić information content (AvgIpc) is 3.22. The number of rotatable bonds is 11. The first-order valence-electron chi connectivity index (χ1n) is 12.3. The smallest absolute Gasteiger partial charge is 0.328 e. The van der Waals surface area contributed by atoms with Gasteiger partial charge < -0.3 is 25.8 Å². The van der Waals surface area contributed by atoms with Gasteiger partial charge >= 0.3 is 12.0 Å². The fourth-order valence-electron chi connectivity index (χ4n) is 3.87. The molecule has 10 nitrogen and oxygen atoms in total. The number of benzene rings is 2. The summed E-state index contributed by atoms with van der Waals surface area (Å²) in [7, 11) is 1.27. The summed E-state index contributed by atoms with van der Waals surface area (Å²) in [5, 5.41) is 10.4. The molecule has 0 aliphatic heterocycles. The number of aromatic nitrogens is 2. The summed E-state index contributed by atoms with van der Waals surface area (Å²) in [6.45, 7) is 6.64. The molecule has 0 saturated carbocycles. The van der Waals surface area contributed by atoms with Crippen LogP contribution in [0.2, 0.25) is 0 Å². The van der Waals surface area contributed by atoms with Crippen LogP contribution < -0.4 is 21.1 Å². The summed E-state index contributed by atoms with van der Waals surface area (Å²) in [6, 6.07) is 9.84. The van der Waals surface area contributed by atoms with Gasteiger partial charge in [0.25, 0.3) is 5.91 Å².